The third kappa shape index (κ3) is 2.56. The van der Waals surface area contributed by atoms with Crippen LogP contribution in [0, 0.1) is 5.41 Å². The zero-order valence-corrected chi connectivity index (χ0v) is 9.52. The normalized spacial score (nSPS) is 29.7. The van der Waals surface area contributed by atoms with E-state index in [2.05, 4.69) is 14.2 Å². The minimum atomic E-state index is -1.54. The van der Waals surface area contributed by atoms with Gasteiger partial charge < -0.3 is 5.73 Å². The molecule has 2 rings (SSSR count). The minimum absolute atomic E-state index is 0.141. The topological polar surface area (TPSA) is 76.7 Å². The van der Waals surface area contributed by atoms with Crippen LogP contribution < -0.4 is 11.2 Å². The van der Waals surface area contributed by atoms with Gasteiger partial charge in [-0.25, -0.2) is 9.69 Å². The number of hydrogen-bond acceptors (Lipinski definition) is 4. The van der Waals surface area contributed by atoms with E-state index in [1.165, 1.54) is 19.3 Å². The lowest BCUT2D eigenvalue weighted by molar-refractivity contribution is 0.201. The zero-order valence-electron chi connectivity index (χ0n) is 8.70. The van der Waals surface area contributed by atoms with Crippen molar-refractivity contribution in [1.82, 2.24) is 5.48 Å². The Labute approximate surface area is 92.2 Å². The molecule has 0 aromatic carbocycles. The van der Waals surface area contributed by atoms with Crippen LogP contribution in [0.1, 0.15) is 38.5 Å². The van der Waals surface area contributed by atoms with E-state index in [0.29, 0.717) is 12.4 Å². The smallest absolute Gasteiger partial charge is 0.309 e. The van der Waals surface area contributed by atoms with Crippen LogP contribution in [-0.4, -0.2) is 16.6 Å². The first kappa shape index (κ1) is 11.0. The molecule has 1 atom stereocenters. The molecule has 0 amide bonds. The highest BCUT2D eigenvalue weighted by Crippen LogP contribution is 2.38. The molecule has 0 aromatic rings. The van der Waals surface area contributed by atoms with Crippen molar-refractivity contribution in [3.63, 3.8) is 0 Å². The van der Waals surface area contributed by atoms with Crippen molar-refractivity contribution in [3.8, 4) is 0 Å². The molecule has 6 heteroatoms. The van der Waals surface area contributed by atoms with Gasteiger partial charge in [0.25, 0.3) is 0 Å². The first-order valence-corrected chi connectivity index (χ1v) is 6.40. The number of hydroxylamine groups is 1. The highest BCUT2D eigenvalue weighted by atomic mass is 32.2. The summed E-state index contributed by atoms with van der Waals surface area (Å²) in [4.78, 5) is 0. The van der Waals surface area contributed by atoms with Crippen LogP contribution in [-0.2, 0) is 15.6 Å². The lowest BCUT2D eigenvalue weighted by Crippen LogP contribution is -2.37. The Kier molecular flexibility index (Phi) is 3.38. The van der Waals surface area contributed by atoms with E-state index >= 15 is 0 Å². The molecule has 1 unspecified atom stereocenters. The molecule has 15 heavy (non-hydrogen) atoms. The first-order chi connectivity index (χ1) is 7.24. The summed E-state index contributed by atoms with van der Waals surface area (Å²) in [5, 5.41) is 0. The average Bonchev–Trinajstić information content (AvgIpc) is 2.65. The summed E-state index contributed by atoms with van der Waals surface area (Å²) in [6.45, 7) is 0.667. The largest absolute Gasteiger partial charge is 0.330 e. The van der Waals surface area contributed by atoms with Crippen LogP contribution in [0.15, 0.2) is 4.40 Å². The number of nitrogens with two attached hydrogens (primary N) is 1. The van der Waals surface area contributed by atoms with Gasteiger partial charge in [-0.15, -0.1) is 4.40 Å². The van der Waals surface area contributed by atoms with E-state index in [0.717, 1.165) is 19.3 Å². The molecule has 1 aliphatic heterocycles. The Hall–Kier alpha value is -0.460. The Balaban J connectivity index is 2.00. The van der Waals surface area contributed by atoms with Crippen molar-refractivity contribution in [3.05, 3.63) is 0 Å². The molecule has 0 spiro atoms. The fourth-order valence-corrected chi connectivity index (χ4v) is 2.88. The van der Waals surface area contributed by atoms with E-state index in [4.69, 9.17) is 5.73 Å². The van der Waals surface area contributed by atoms with Crippen molar-refractivity contribution in [2.24, 2.45) is 15.5 Å². The molecular weight excluding hydrogens is 214 g/mol. The lowest BCUT2D eigenvalue weighted by atomic mass is 9.71. The molecule has 1 heterocycles. The Morgan fingerprint density at radius 1 is 1.47 bits per heavy atom. The summed E-state index contributed by atoms with van der Waals surface area (Å²) < 4.78 is 19.4. The number of nitrogens with one attached hydrogen (secondary N) is 1. The lowest BCUT2D eigenvalue weighted by Gasteiger charge is -2.35. The van der Waals surface area contributed by atoms with Crippen LogP contribution in [0.25, 0.3) is 0 Å². The second-order valence-electron chi connectivity index (χ2n) is 4.38. The maximum absolute atomic E-state index is 10.9. The molecule has 1 aliphatic carbocycles. The quantitative estimate of drug-likeness (QED) is 0.753. The molecule has 1 saturated carbocycles. The summed E-state index contributed by atoms with van der Waals surface area (Å²) in [5.41, 5.74) is 8.60. The zero-order chi connectivity index (χ0) is 10.7. The second kappa shape index (κ2) is 4.59. The molecule has 1 fully saturated rings. The van der Waals surface area contributed by atoms with Crippen LogP contribution >= 0.6 is 0 Å². The van der Waals surface area contributed by atoms with Gasteiger partial charge >= 0.3 is 11.3 Å². The number of amidine groups is 1. The van der Waals surface area contributed by atoms with Gasteiger partial charge in [0.15, 0.2) is 0 Å². The first-order valence-electron chi connectivity index (χ1n) is 5.37. The summed E-state index contributed by atoms with van der Waals surface area (Å²) in [5.74, 6) is 0.681. The average molecular weight is 231 g/mol. The van der Waals surface area contributed by atoms with Crippen molar-refractivity contribution in [1.29, 1.82) is 0 Å². The SMILES string of the molecule is NCC1(CC2=NS(=O)ON2)CCCCC1. The highest BCUT2D eigenvalue weighted by molar-refractivity contribution is 7.79. The number of rotatable bonds is 3. The molecule has 0 radical (unpaired) electrons. The molecule has 0 aromatic heterocycles. The van der Waals surface area contributed by atoms with E-state index in [1.54, 1.807) is 0 Å². The van der Waals surface area contributed by atoms with Gasteiger partial charge in [-0.2, -0.15) is 4.28 Å². The standard InChI is InChI=1S/C9H17N3O2S/c10-7-9(4-2-1-3-5-9)6-8-11-14-15(13)12-8/h1-7,10H2,(H,11,12). The molecule has 5 nitrogen and oxygen atoms in total. The molecule has 2 aliphatic rings. The molecule has 86 valence electrons. The van der Waals surface area contributed by atoms with E-state index in [1.807, 2.05) is 0 Å². The fraction of sp³-hybridized carbons (Fsp3) is 0.889. The Morgan fingerprint density at radius 2 is 2.20 bits per heavy atom. The van der Waals surface area contributed by atoms with Crippen LogP contribution in [0.3, 0.4) is 0 Å². The van der Waals surface area contributed by atoms with Gasteiger partial charge in [0.1, 0.15) is 5.84 Å². The van der Waals surface area contributed by atoms with Crippen molar-refractivity contribution >= 4 is 17.1 Å². The molecule has 0 saturated heterocycles. The molecule has 3 N–H and O–H groups in total. The fourth-order valence-electron chi connectivity index (χ4n) is 2.39. The summed E-state index contributed by atoms with van der Waals surface area (Å²) in [7, 11) is 0. The van der Waals surface area contributed by atoms with Crippen molar-refractivity contribution < 1.29 is 8.49 Å². The summed E-state index contributed by atoms with van der Waals surface area (Å²) >= 11 is -1.54. The second-order valence-corrected chi connectivity index (χ2v) is 5.17. The van der Waals surface area contributed by atoms with Crippen molar-refractivity contribution in [2.75, 3.05) is 6.54 Å². The van der Waals surface area contributed by atoms with Crippen LogP contribution in [0.4, 0.5) is 0 Å². The summed E-state index contributed by atoms with van der Waals surface area (Å²) in [6, 6.07) is 0. The van der Waals surface area contributed by atoms with Gasteiger partial charge in [-0.1, -0.05) is 19.3 Å². The number of hydrogen-bond donors (Lipinski definition) is 2. The van der Waals surface area contributed by atoms with Crippen molar-refractivity contribution in [2.45, 2.75) is 38.5 Å². The third-order valence-electron chi connectivity index (χ3n) is 3.31. The maximum Gasteiger partial charge on any atom is 0.309 e. The van der Waals surface area contributed by atoms with E-state index in [-0.39, 0.29) is 5.41 Å². The monoisotopic (exact) mass is 231 g/mol. The van der Waals surface area contributed by atoms with Gasteiger partial charge in [0, 0.05) is 6.42 Å². The predicted octanol–water partition coefficient (Wildman–Crippen LogP) is 0.798. The molecular formula is C9H17N3O2S. The van der Waals surface area contributed by atoms with Gasteiger partial charge in [-0.05, 0) is 24.8 Å². The highest BCUT2D eigenvalue weighted by Gasteiger charge is 2.33. The Morgan fingerprint density at radius 3 is 2.73 bits per heavy atom. The van der Waals surface area contributed by atoms with Gasteiger partial charge in [-0.3, -0.25) is 0 Å². The summed E-state index contributed by atoms with van der Waals surface area (Å²) in [6.07, 6.45) is 6.79. The van der Waals surface area contributed by atoms with Gasteiger partial charge in [0.05, 0.1) is 0 Å². The predicted molar refractivity (Wildman–Crippen MR) is 59.0 cm³/mol. The minimum Gasteiger partial charge on any atom is -0.330 e. The third-order valence-corrected chi connectivity index (χ3v) is 3.90. The van der Waals surface area contributed by atoms with Gasteiger partial charge in [0.2, 0.25) is 0 Å². The van der Waals surface area contributed by atoms with E-state index < -0.39 is 11.3 Å². The van der Waals surface area contributed by atoms with E-state index in [9.17, 15) is 4.21 Å². The van der Waals surface area contributed by atoms with Crippen LogP contribution in [0.5, 0.6) is 0 Å². The molecule has 0 bridgehead atoms. The maximum atomic E-state index is 10.9. The van der Waals surface area contributed by atoms with Crippen LogP contribution in [0.2, 0.25) is 0 Å². The Bertz CT molecular complexity index is 287. The number of nitrogens with zero attached hydrogens (tertiary/aromatic N) is 1.